The fourth-order valence-corrected chi connectivity index (χ4v) is 3.91. The number of benzene rings is 2. The zero-order valence-electron chi connectivity index (χ0n) is 19.4. The van der Waals surface area contributed by atoms with Crippen LogP contribution in [0.2, 0.25) is 0 Å². The second kappa shape index (κ2) is 10.2. The Kier molecular flexibility index (Phi) is 7.16. The van der Waals surface area contributed by atoms with Crippen LogP contribution in [0.3, 0.4) is 0 Å². The van der Waals surface area contributed by atoms with Crippen LogP contribution >= 0.6 is 0 Å². The minimum absolute atomic E-state index is 0.0411. The molecule has 2 N–H and O–H groups in total. The molecule has 0 aliphatic heterocycles. The van der Waals surface area contributed by atoms with E-state index in [1.807, 2.05) is 0 Å². The summed E-state index contributed by atoms with van der Waals surface area (Å²) >= 11 is 0. The van der Waals surface area contributed by atoms with E-state index >= 15 is 0 Å². The number of halogens is 5. The summed E-state index contributed by atoms with van der Waals surface area (Å²) in [6, 6.07) is 9.93. The van der Waals surface area contributed by atoms with Gasteiger partial charge in [0.25, 0.3) is 0 Å². The van der Waals surface area contributed by atoms with Gasteiger partial charge < -0.3 is 9.84 Å². The average molecular weight is 523 g/mol. The van der Waals surface area contributed by atoms with E-state index in [0.29, 0.717) is 5.69 Å². The van der Waals surface area contributed by atoms with Gasteiger partial charge in [-0.05, 0) is 37.3 Å². The quantitative estimate of drug-likeness (QED) is 0.308. The molecule has 0 saturated carbocycles. The molecule has 0 unspecified atom stereocenters. The number of hydrogen-bond donors (Lipinski definition) is 2. The van der Waals surface area contributed by atoms with Crippen molar-refractivity contribution in [3.8, 4) is 11.4 Å². The maximum Gasteiger partial charge on any atom is 0.340 e. The number of H-pyrrole nitrogens is 1. The third-order valence-corrected chi connectivity index (χ3v) is 6.02. The van der Waals surface area contributed by atoms with Crippen LogP contribution in [0.4, 0.5) is 22.0 Å². The first-order valence-electron chi connectivity index (χ1n) is 11.0. The Morgan fingerprint density at radius 3 is 2.43 bits per heavy atom. The zero-order chi connectivity index (χ0) is 26.8. The predicted octanol–water partition coefficient (Wildman–Crippen LogP) is 3.87. The van der Waals surface area contributed by atoms with Crippen molar-refractivity contribution in [2.24, 2.45) is 0 Å². The second-order valence-corrected chi connectivity index (χ2v) is 8.39. The Morgan fingerprint density at radius 2 is 1.81 bits per heavy atom. The van der Waals surface area contributed by atoms with E-state index in [1.165, 1.54) is 70.3 Å². The average Bonchev–Trinajstić information content (AvgIpc) is 3.52. The van der Waals surface area contributed by atoms with E-state index in [1.54, 1.807) is 13.0 Å². The van der Waals surface area contributed by atoms with Gasteiger partial charge in [0.1, 0.15) is 29.3 Å². The van der Waals surface area contributed by atoms with Crippen LogP contribution < -0.4 is 10.4 Å². The van der Waals surface area contributed by atoms with Gasteiger partial charge in [-0.2, -0.15) is 13.9 Å². The molecule has 0 bridgehead atoms. The molecule has 2 aromatic carbocycles. The normalized spacial score (nSPS) is 14.5. The fourth-order valence-electron chi connectivity index (χ4n) is 3.91. The minimum atomic E-state index is -4.30. The smallest absolute Gasteiger partial charge is 0.340 e. The molecule has 0 amide bonds. The largest absolute Gasteiger partial charge is 0.487 e. The molecule has 0 spiro atoms. The summed E-state index contributed by atoms with van der Waals surface area (Å²) in [5, 5.41) is 18.1. The topological polar surface area (TPSA) is 98.0 Å². The first-order chi connectivity index (χ1) is 17.5. The van der Waals surface area contributed by atoms with Gasteiger partial charge in [0.15, 0.2) is 6.61 Å². The van der Waals surface area contributed by atoms with E-state index < -0.39 is 42.1 Å². The van der Waals surface area contributed by atoms with Crippen molar-refractivity contribution in [3.05, 3.63) is 94.9 Å². The van der Waals surface area contributed by atoms with Crippen LogP contribution in [0.1, 0.15) is 24.4 Å². The summed E-state index contributed by atoms with van der Waals surface area (Å²) in [4.78, 5) is 17.3. The molecule has 196 valence electrons. The number of aromatic amines is 1. The Morgan fingerprint density at radius 1 is 1.11 bits per heavy atom. The summed E-state index contributed by atoms with van der Waals surface area (Å²) in [7, 11) is 0. The first kappa shape index (κ1) is 26.1. The molecule has 4 aromatic rings. The van der Waals surface area contributed by atoms with Gasteiger partial charge in [-0.25, -0.2) is 22.9 Å². The SMILES string of the molecule is C[C@@H](n1ccn(-c2ccc(OCC(F)(F)C(F)F)cc2)c1=O)[C@@](O)(Cc1ncn[nH]1)c1ccccc1F. The lowest BCUT2D eigenvalue weighted by Crippen LogP contribution is -2.42. The van der Waals surface area contributed by atoms with Crippen LogP contribution in [0.25, 0.3) is 5.69 Å². The molecule has 8 nitrogen and oxygen atoms in total. The number of alkyl halides is 4. The molecule has 4 rings (SSSR count). The lowest BCUT2D eigenvalue weighted by atomic mass is 9.83. The Labute approximate surface area is 207 Å². The predicted molar refractivity (Wildman–Crippen MR) is 122 cm³/mol. The highest BCUT2D eigenvalue weighted by Crippen LogP contribution is 2.37. The Hall–Kier alpha value is -4.00. The molecular formula is C24H22F5N5O3. The molecule has 0 aliphatic rings. The molecule has 2 heterocycles. The van der Waals surface area contributed by atoms with Crippen molar-refractivity contribution in [2.45, 2.75) is 37.3 Å². The third kappa shape index (κ3) is 5.26. The molecule has 2 aromatic heterocycles. The Bertz CT molecular complexity index is 1390. The number of imidazole rings is 1. The van der Waals surface area contributed by atoms with E-state index in [-0.39, 0.29) is 23.6 Å². The van der Waals surface area contributed by atoms with Gasteiger partial charge in [-0.1, -0.05) is 18.2 Å². The highest BCUT2D eigenvalue weighted by atomic mass is 19.3. The lowest BCUT2D eigenvalue weighted by Gasteiger charge is -2.34. The summed E-state index contributed by atoms with van der Waals surface area (Å²) in [6.07, 6.45) is 0.0241. The van der Waals surface area contributed by atoms with Gasteiger partial charge in [0.2, 0.25) is 0 Å². The van der Waals surface area contributed by atoms with Gasteiger partial charge in [0, 0.05) is 24.4 Å². The number of nitrogens with one attached hydrogen (secondary N) is 1. The Balaban J connectivity index is 1.62. The van der Waals surface area contributed by atoms with Crippen molar-refractivity contribution in [2.75, 3.05) is 6.61 Å². The van der Waals surface area contributed by atoms with Gasteiger partial charge in [-0.15, -0.1) is 0 Å². The van der Waals surface area contributed by atoms with Crippen LogP contribution in [0.5, 0.6) is 5.75 Å². The zero-order valence-corrected chi connectivity index (χ0v) is 19.4. The summed E-state index contributed by atoms with van der Waals surface area (Å²) in [6.45, 7) is 0.0480. The molecule has 13 heteroatoms. The maximum atomic E-state index is 14.8. The van der Waals surface area contributed by atoms with Gasteiger partial charge in [-0.3, -0.25) is 14.2 Å². The first-order valence-corrected chi connectivity index (χ1v) is 11.0. The number of nitrogens with zero attached hydrogens (tertiary/aromatic N) is 4. The summed E-state index contributed by atoms with van der Waals surface area (Å²) in [5.74, 6) is -4.79. The van der Waals surface area contributed by atoms with E-state index in [9.17, 15) is 31.9 Å². The van der Waals surface area contributed by atoms with Crippen molar-refractivity contribution >= 4 is 0 Å². The van der Waals surface area contributed by atoms with E-state index in [4.69, 9.17) is 4.74 Å². The standard InChI is InChI=1S/C24H22F5N5O3/c1-15(23(36,12-20-30-14-31-32-20)18-4-2-3-5-19(18)25)33-10-11-34(22(33)35)16-6-8-17(9-7-16)37-13-24(28,29)21(26)27/h2-11,14-15,21,36H,12-13H2,1H3,(H,30,31,32)/t15-,23+/m1/s1. The summed E-state index contributed by atoms with van der Waals surface area (Å²) in [5.41, 5.74) is -2.22. The van der Waals surface area contributed by atoms with Crippen LogP contribution in [-0.2, 0) is 12.0 Å². The molecule has 0 radical (unpaired) electrons. The van der Waals surface area contributed by atoms with Crippen LogP contribution in [0.15, 0.2) is 72.0 Å². The fraction of sp³-hybridized carbons (Fsp3) is 0.292. The van der Waals surface area contributed by atoms with Crippen LogP contribution in [-0.4, -0.2) is 48.4 Å². The maximum absolute atomic E-state index is 14.8. The summed E-state index contributed by atoms with van der Waals surface area (Å²) < 4.78 is 72.8. The van der Waals surface area contributed by atoms with Gasteiger partial charge in [0.05, 0.1) is 11.7 Å². The number of rotatable bonds is 10. The van der Waals surface area contributed by atoms with E-state index in [2.05, 4.69) is 15.2 Å². The molecule has 0 fully saturated rings. The highest BCUT2D eigenvalue weighted by molar-refractivity contribution is 5.37. The molecular weight excluding hydrogens is 501 g/mol. The van der Waals surface area contributed by atoms with E-state index in [0.717, 1.165) is 0 Å². The lowest BCUT2D eigenvalue weighted by molar-refractivity contribution is -0.148. The second-order valence-electron chi connectivity index (χ2n) is 8.39. The highest BCUT2D eigenvalue weighted by Gasteiger charge is 2.42. The van der Waals surface area contributed by atoms with Crippen molar-refractivity contribution < 1.29 is 31.8 Å². The van der Waals surface area contributed by atoms with Crippen molar-refractivity contribution in [3.63, 3.8) is 0 Å². The minimum Gasteiger partial charge on any atom is -0.487 e. The number of ether oxygens (including phenoxy) is 1. The van der Waals surface area contributed by atoms with Crippen LogP contribution in [0, 0.1) is 5.82 Å². The number of aromatic nitrogens is 5. The third-order valence-electron chi connectivity index (χ3n) is 6.02. The molecule has 0 saturated heterocycles. The molecule has 2 atom stereocenters. The number of hydrogen-bond acceptors (Lipinski definition) is 5. The molecule has 0 aliphatic carbocycles. The monoisotopic (exact) mass is 523 g/mol. The molecule has 37 heavy (non-hydrogen) atoms. The van der Waals surface area contributed by atoms with Crippen molar-refractivity contribution in [1.82, 2.24) is 24.3 Å². The van der Waals surface area contributed by atoms with Crippen molar-refractivity contribution in [1.29, 1.82) is 0 Å². The number of aliphatic hydroxyl groups is 1. The van der Waals surface area contributed by atoms with Gasteiger partial charge >= 0.3 is 18.0 Å².